The maximum absolute atomic E-state index is 14.8. The largest absolute Gasteiger partial charge is 0.486 e. The first kappa shape index (κ1) is 23.8. The van der Waals surface area contributed by atoms with Crippen molar-refractivity contribution in [3.05, 3.63) is 102 Å². The lowest BCUT2D eigenvalue weighted by Crippen LogP contribution is -2.38. The van der Waals surface area contributed by atoms with Gasteiger partial charge in [-0.15, -0.1) is 0 Å². The van der Waals surface area contributed by atoms with Gasteiger partial charge in [0.05, 0.1) is 12.1 Å². The second-order valence-corrected chi connectivity index (χ2v) is 9.34. The van der Waals surface area contributed by atoms with Gasteiger partial charge in [-0.2, -0.15) is 0 Å². The van der Waals surface area contributed by atoms with Gasteiger partial charge >= 0.3 is 5.97 Å². The number of carboxylic acids is 1. The van der Waals surface area contributed by atoms with Crippen molar-refractivity contribution in [2.24, 2.45) is 0 Å². The van der Waals surface area contributed by atoms with Crippen LogP contribution >= 0.6 is 0 Å². The van der Waals surface area contributed by atoms with Crippen LogP contribution in [-0.2, 0) is 0 Å². The normalized spacial score (nSPS) is 15.9. The Morgan fingerprint density at radius 1 is 1.06 bits per heavy atom. The number of ether oxygens (including phenoxy) is 1. The summed E-state index contributed by atoms with van der Waals surface area (Å²) in [6.45, 7) is 2.51. The zero-order valence-electron chi connectivity index (χ0n) is 20.0. The Hall–Kier alpha value is -3.93. The molecule has 1 heterocycles. The van der Waals surface area contributed by atoms with E-state index in [2.05, 4.69) is 43.3 Å². The van der Waals surface area contributed by atoms with Crippen molar-refractivity contribution < 1.29 is 23.4 Å². The second-order valence-electron chi connectivity index (χ2n) is 9.34. The van der Waals surface area contributed by atoms with Gasteiger partial charge in [-0.1, -0.05) is 55.5 Å². The minimum Gasteiger partial charge on any atom is -0.486 e. The average Bonchev–Trinajstić information content (AvgIpc) is 2.87. The van der Waals surface area contributed by atoms with Crippen LogP contribution in [0.4, 0.5) is 20.2 Å². The van der Waals surface area contributed by atoms with Crippen molar-refractivity contribution in [3.63, 3.8) is 0 Å². The molecule has 1 aliphatic heterocycles. The van der Waals surface area contributed by atoms with Crippen LogP contribution < -0.4 is 9.64 Å². The van der Waals surface area contributed by atoms with E-state index in [1.807, 2.05) is 6.07 Å². The molecule has 0 saturated heterocycles. The molecule has 5 rings (SSSR count). The van der Waals surface area contributed by atoms with Crippen LogP contribution in [-0.4, -0.2) is 23.7 Å². The highest BCUT2D eigenvalue weighted by Crippen LogP contribution is 2.41. The number of halogens is 2. The van der Waals surface area contributed by atoms with Crippen molar-refractivity contribution in [2.75, 3.05) is 11.4 Å². The molecule has 1 N–H and O–H groups in total. The van der Waals surface area contributed by atoms with Crippen LogP contribution in [0.15, 0.2) is 78.9 Å². The molecule has 4 aromatic carbocycles. The summed E-state index contributed by atoms with van der Waals surface area (Å²) in [5.41, 5.74) is 1.61. The monoisotopic (exact) mass is 487 g/mol. The smallest absolute Gasteiger partial charge is 0.335 e. The number of carbonyl (C=O) groups is 1. The van der Waals surface area contributed by atoms with Crippen LogP contribution in [0, 0.1) is 11.6 Å². The van der Waals surface area contributed by atoms with Gasteiger partial charge in [0.15, 0.2) is 5.82 Å². The quantitative estimate of drug-likeness (QED) is 0.290. The van der Waals surface area contributed by atoms with Crippen LogP contribution in [0.5, 0.6) is 5.75 Å². The molecule has 36 heavy (non-hydrogen) atoms. The molecule has 184 valence electrons. The van der Waals surface area contributed by atoms with E-state index < -0.39 is 17.6 Å². The summed E-state index contributed by atoms with van der Waals surface area (Å²) in [5, 5.41) is 11.9. The van der Waals surface area contributed by atoms with Gasteiger partial charge in [0, 0.05) is 5.69 Å². The van der Waals surface area contributed by atoms with Crippen LogP contribution in [0.1, 0.15) is 48.0 Å². The van der Waals surface area contributed by atoms with Gasteiger partial charge in [-0.3, -0.25) is 0 Å². The van der Waals surface area contributed by atoms with Crippen molar-refractivity contribution in [1.29, 1.82) is 0 Å². The van der Waals surface area contributed by atoms with E-state index in [0.717, 1.165) is 25.3 Å². The zero-order chi connectivity index (χ0) is 25.2. The summed E-state index contributed by atoms with van der Waals surface area (Å²) in [6, 6.07) is 22.9. The predicted molar refractivity (Wildman–Crippen MR) is 137 cm³/mol. The third kappa shape index (κ3) is 4.76. The zero-order valence-corrected chi connectivity index (χ0v) is 20.0. The Morgan fingerprint density at radius 2 is 1.83 bits per heavy atom. The second kappa shape index (κ2) is 9.97. The van der Waals surface area contributed by atoms with Gasteiger partial charge in [-0.25, -0.2) is 13.6 Å². The summed E-state index contributed by atoms with van der Waals surface area (Å²) in [5.74, 6) is -1.71. The first-order chi connectivity index (χ1) is 17.4. The van der Waals surface area contributed by atoms with Crippen molar-refractivity contribution >= 4 is 28.1 Å². The lowest BCUT2D eigenvalue weighted by molar-refractivity contribution is 0.0696. The molecule has 0 spiro atoms. The maximum atomic E-state index is 14.8. The molecular formula is C30H27F2NO3. The highest BCUT2D eigenvalue weighted by molar-refractivity contribution is 5.89. The Morgan fingerprint density at radius 3 is 2.67 bits per heavy atom. The van der Waals surface area contributed by atoms with Crippen LogP contribution in [0.25, 0.3) is 10.8 Å². The number of aromatic carboxylic acids is 1. The van der Waals surface area contributed by atoms with Crippen molar-refractivity contribution in [2.45, 2.75) is 38.2 Å². The number of nitrogens with zero attached hydrogens (tertiary/aromatic N) is 1. The first-order valence-electron chi connectivity index (χ1n) is 12.1. The predicted octanol–water partition coefficient (Wildman–Crippen LogP) is 7.69. The van der Waals surface area contributed by atoms with Crippen molar-refractivity contribution in [1.82, 2.24) is 0 Å². The summed E-state index contributed by atoms with van der Waals surface area (Å²) in [4.78, 5) is 13.1. The third-order valence-corrected chi connectivity index (χ3v) is 6.86. The lowest BCUT2D eigenvalue weighted by Gasteiger charge is -2.37. The van der Waals surface area contributed by atoms with Gasteiger partial charge in [-0.05, 0) is 71.8 Å². The number of carboxylic acid groups (broad SMARTS) is 1. The maximum Gasteiger partial charge on any atom is 0.335 e. The fraction of sp³-hybridized carbons (Fsp3) is 0.233. The van der Waals surface area contributed by atoms with Gasteiger partial charge < -0.3 is 14.7 Å². The van der Waals surface area contributed by atoms with E-state index in [-0.39, 0.29) is 23.0 Å². The fourth-order valence-electron chi connectivity index (χ4n) is 5.09. The van der Waals surface area contributed by atoms with Gasteiger partial charge in [0.2, 0.25) is 0 Å². The number of hydrogen-bond acceptors (Lipinski definition) is 3. The van der Waals surface area contributed by atoms with Gasteiger partial charge in [0.25, 0.3) is 0 Å². The number of para-hydroxylation sites is 1. The molecule has 2 atom stereocenters. The Bertz CT molecular complexity index is 1420. The number of benzene rings is 4. The molecule has 4 aromatic rings. The van der Waals surface area contributed by atoms with Crippen LogP contribution in [0.2, 0.25) is 0 Å². The summed E-state index contributed by atoms with van der Waals surface area (Å²) in [6.07, 6.45) is 2.31. The van der Waals surface area contributed by atoms with E-state index in [4.69, 9.17) is 4.74 Å². The van der Waals surface area contributed by atoms with E-state index in [9.17, 15) is 18.7 Å². The number of rotatable bonds is 7. The SMILES string of the molecule is C[C@@H](CCCC1CN(c2cc(F)cc(C(=O)O)c2)c2c(F)cccc2O1)c1cccc2ccccc12. The fourth-order valence-corrected chi connectivity index (χ4v) is 5.09. The Balaban J connectivity index is 1.35. The first-order valence-corrected chi connectivity index (χ1v) is 12.1. The highest BCUT2D eigenvalue weighted by atomic mass is 19.1. The molecule has 0 radical (unpaired) electrons. The molecule has 0 amide bonds. The minimum atomic E-state index is -1.24. The number of fused-ring (bicyclic) bond motifs is 2. The van der Waals surface area contributed by atoms with E-state index >= 15 is 0 Å². The molecule has 0 aromatic heterocycles. The van der Waals surface area contributed by atoms with E-state index in [1.54, 1.807) is 17.0 Å². The van der Waals surface area contributed by atoms with Gasteiger partial charge in [0.1, 0.15) is 23.4 Å². The Labute approximate surface area is 208 Å². The summed E-state index contributed by atoms with van der Waals surface area (Å²) < 4.78 is 35.2. The number of hydrogen-bond donors (Lipinski definition) is 1. The third-order valence-electron chi connectivity index (χ3n) is 6.86. The van der Waals surface area contributed by atoms with E-state index in [0.29, 0.717) is 18.2 Å². The molecule has 0 bridgehead atoms. The summed E-state index contributed by atoms with van der Waals surface area (Å²) >= 11 is 0. The molecule has 1 unspecified atom stereocenters. The van der Waals surface area contributed by atoms with Crippen molar-refractivity contribution in [3.8, 4) is 5.75 Å². The molecule has 0 aliphatic carbocycles. The average molecular weight is 488 g/mol. The van der Waals surface area contributed by atoms with E-state index in [1.165, 1.54) is 34.5 Å². The molecule has 1 aliphatic rings. The molecule has 0 fully saturated rings. The lowest BCUT2D eigenvalue weighted by atomic mass is 9.90. The Kier molecular flexibility index (Phi) is 6.59. The summed E-state index contributed by atoms with van der Waals surface area (Å²) in [7, 11) is 0. The van der Waals surface area contributed by atoms with Crippen LogP contribution in [0.3, 0.4) is 0 Å². The standard InChI is InChI=1S/C30H27F2NO3/c1-19(25-12-5-9-20-8-2-3-11-26(20)25)7-4-10-24-18-33(29-27(32)13-6-14-28(29)36-24)23-16-21(30(34)35)15-22(31)17-23/h2-3,5-6,8-9,11-17,19,24H,4,7,10,18H2,1H3,(H,34,35)/t19-,24?/m0/s1. The number of anilines is 2. The topological polar surface area (TPSA) is 49.8 Å². The minimum absolute atomic E-state index is 0.185. The molecule has 4 nitrogen and oxygen atoms in total. The molecule has 0 saturated carbocycles. The highest BCUT2D eigenvalue weighted by Gasteiger charge is 2.30. The molecular weight excluding hydrogens is 460 g/mol. The molecule has 6 heteroatoms.